The van der Waals surface area contributed by atoms with Crippen molar-refractivity contribution in [2.45, 2.75) is 32.2 Å². The van der Waals surface area contributed by atoms with E-state index in [1.807, 2.05) is 0 Å². The van der Waals surface area contributed by atoms with Crippen LogP contribution in [0.15, 0.2) is 0 Å². The maximum Gasteiger partial charge on any atom is 0.324 e. The molecule has 0 atom stereocenters. The van der Waals surface area contributed by atoms with E-state index >= 15 is 0 Å². The van der Waals surface area contributed by atoms with Crippen LogP contribution in [0.1, 0.15) is 26.7 Å². The van der Waals surface area contributed by atoms with Gasteiger partial charge >= 0.3 is 5.97 Å². The highest BCUT2D eigenvalue weighted by atomic mass is 16.5. The number of aliphatic carboxylic acids is 1. The zero-order valence-electron chi connectivity index (χ0n) is 8.88. The topological polar surface area (TPSA) is 58.6 Å². The van der Waals surface area contributed by atoms with Crippen molar-refractivity contribution in [3.8, 4) is 0 Å². The number of nitrogens with one attached hydrogen (secondary N) is 1. The van der Waals surface area contributed by atoms with Gasteiger partial charge in [-0.3, -0.25) is 4.79 Å². The van der Waals surface area contributed by atoms with Gasteiger partial charge in [0.25, 0.3) is 0 Å². The lowest BCUT2D eigenvalue weighted by Gasteiger charge is -2.34. The van der Waals surface area contributed by atoms with Gasteiger partial charge < -0.3 is 15.2 Å². The van der Waals surface area contributed by atoms with E-state index in [0.29, 0.717) is 32.0 Å². The first-order chi connectivity index (χ1) is 6.57. The van der Waals surface area contributed by atoms with Crippen molar-refractivity contribution in [3.63, 3.8) is 0 Å². The number of carbonyl (C=O) groups is 1. The lowest BCUT2D eigenvalue weighted by atomic mass is 9.89. The van der Waals surface area contributed by atoms with E-state index in [1.165, 1.54) is 0 Å². The molecule has 82 valence electrons. The molecule has 0 aromatic heterocycles. The predicted molar refractivity (Wildman–Crippen MR) is 53.3 cm³/mol. The molecule has 1 rings (SSSR count). The highest BCUT2D eigenvalue weighted by Crippen LogP contribution is 2.21. The van der Waals surface area contributed by atoms with Gasteiger partial charge in [0.15, 0.2) is 0 Å². The number of hydrogen-bond donors (Lipinski definition) is 2. The Labute approximate surface area is 84.6 Å². The Hall–Kier alpha value is -0.610. The summed E-state index contributed by atoms with van der Waals surface area (Å²) < 4.78 is 5.18. The molecule has 0 aliphatic carbocycles. The summed E-state index contributed by atoms with van der Waals surface area (Å²) in [4.78, 5) is 11.2. The van der Waals surface area contributed by atoms with Crippen LogP contribution < -0.4 is 5.32 Å². The van der Waals surface area contributed by atoms with Crippen molar-refractivity contribution in [1.29, 1.82) is 0 Å². The summed E-state index contributed by atoms with van der Waals surface area (Å²) in [5, 5.41) is 12.3. The third-order valence-electron chi connectivity index (χ3n) is 2.60. The number of carboxylic acid groups (broad SMARTS) is 1. The summed E-state index contributed by atoms with van der Waals surface area (Å²) in [6.45, 7) is 5.96. The molecule has 1 heterocycles. The van der Waals surface area contributed by atoms with E-state index in [9.17, 15) is 9.90 Å². The van der Waals surface area contributed by atoms with Crippen LogP contribution >= 0.6 is 0 Å². The first-order valence-corrected chi connectivity index (χ1v) is 5.13. The van der Waals surface area contributed by atoms with Crippen molar-refractivity contribution in [2.75, 3.05) is 19.8 Å². The molecular formula is C10H19NO3. The van der Waals surface area contributed by atoms with Gasteiger partial charge in [0.1, 0.15) is 5.54 Å². The molecule has 0 radical (unpaired) electrons. The van der Waals surface area contributed by atoms with Crippen molar-refractivity contribution in [1.82, 2.24) is 5.32 Å². The molecule has 0 unspecified atom stereocenters. The van der Waals surface area contributed by atoms with Crippen LogP contribution in [0.4, 0.5) is 0 Å². The van der Waals surface area contributed by atoms with E-state index < -0.39 is 11.5 Å². The lowest BCUT2D eigenvalue weighted by molar-refractivity contribution is -0.149. The highest BCUT2D eigenvalue weighted by molar-refractivity contribution is 5.78. The summed E-state index contributed by atoms with van der Waals surface area (Å²) in [5.74, 6) is -0.282. The van der Waals surface area contributed by atoms with Crippen LogP contribution in [-0.4, -0.2) is 36.4 Å². The third-order valence-corrected chi connectivity index (χ3v) is 2.60. The summed E-state index contributed by atoms with van der Waals surface area (Å²) in [7, 11) is 0. The number of hydrogen-bond acceptors (Lipinski definition) is 3. The molecule has 4 nitrogen and oxygen atoms in total. The van der Waals surface area contributed by atoms with E-state index in [2.05, 4.69) is 19.2 Å². The molecule has 0 aromatic carbocycles. The Morgan fingerprint density at radius 3 is 2.50 bits per heavy atom. The fourth-order valence-corrected chi connectivity index (χ4v) is 1.59. The second-order valence-electron chi connectivity index (χ2n) is 4.27. The molecular weight excluding hydrogens is 182 g/mol. The molecule has 0 spiro atoms. The molecule has 1 aliphatic heterocycles. The number of ether oxygens (including phenoxy) is 1. The maximum atomic E-state index is 11.2. The van der Waals surface area contributed by atoms with Gasteiger partial charge in [-0.25, -0.2) is 0 Å². The average Bonchev–Trinajstić information content (AvgIpc) is 2.16. The van der Waals surface area contributed by atoms with Crippen LogP contribution in [0.2, 0.25) is 0 Å². The van der Waals surface area contributed by atoms with Gasteiger partial charge in [-0.1, -0.05) is 13.8 Å². The Morgan fingerprint density at radius 2 is 2.07 bits per heavy atom. The Bertz CT molecular complexity index is 198. The first-order valence-electron chi connectivity index (χ1n) is 5.13. The van der Waals surface area contributed by atoms with E-state index in [1.54, 1.807) is 0 Å². The largest absolute Gasteiger partial charge is 0.480 e. The van der Waals surface area contributed by atoms with Crippen molar-refractivity contribution >= 4 is 5.97 Å². The second kappa shape index (κ2) is 4.75. The summed E-state index contributed by atoms with van der Waals surface area (Å²) in [5.41, 5.74) is -0.747. The van der Waals surface area contributed by atoms with Crippen LogP contribution in [0.25, 0.3) is 0 Å². The maximum absolute atomic E-state index is 11.2. The lowest BCUT2D eigenvalue weighted by Crippen LogP contribution is -2.56. The monoisotopic (exact) mass is 201 g/mol. The van der Waals surface area contributed by atoms with E-state index in [-0.39, 0.29) is 0 Å². The molecule has 0 amide bonds. The van der Waals surface area contributed by atoms with E-state index in [0.717, 1.165) is 6.54 Å². The number of carboxylic acids is 1. The third kappa shape index (κ3) is 2.69. The fraction of sp³-hybridized carbons (Fsp3) is 0.900. The van der Waals surface area contributed by atoms with Crippen molar-refractivity contribution < 1.29 is 14.6 Å². The minimum atomic E-state index is -0.749. The molecule has 1 aliphatic rings. The zero-order chi connectivity index (χ0) is 10.6. The molecule has 2 N–H and O–H groups in total. The van der Waals surface area contributed by atoms with Crippen LogP contribution in [0.3, 0.4) is 0 Å². The van der Waals surface area contributed by atoms with Crippen molar-refractivity contribution in [3.05, 3.63) is 0 Å². The molecule has 1 fully saturated rings. The number of rotatable bonds is 4. The average molecular weight is 201 g/mol. The SMILES string of the molecule is CC(C)CNC1(C(=O)O)CCOCC1. The Morgan fingerprint density at radius 1 is 1.50 bits per heavy atom. The molecule has 0 bridgehead atoms. The minimum Gasteiger partial charge on any atom is -0.480 e. The van der Waals surface area contributed by atoms with Crippen LogP contribution in [-0.2, 0) is 9.53 Å². The fourth-order valence-electron chi connectivity index (χ4n) is 1.59. The van der Waals surface area contributed by atoms with Gasteiger partial charge in [-0.05, 0) is 25.3 Å². The van der Waals surface area contributed by atoms with Gasteiger partial charge in [-0.15, -0.1) is 0 Å². The van der Waals surface area contributed by atoms with Crippen molar-refractivity contribution in [2.24, 2.45) is 5.92 Å². The Kier molecular flexibility index (Phi) is 3.89. The van der Waals surface area contributed by atoms with Gasteiger partial charge in [0.05, 0.1) is 0 Å². The smallest absolute Gasteiger partial charge is 0.324 e. The first kappa shape index (κ1) is 11.5. The molecule has 4 heteroatoms. The molecule has 1 saturated heterocycles. The van der Waals surface area contributed by atoms with Gasteiger partial charge in [-0.2, -0.15) is 0 Å². The van der Waals surface area contributed by atoms with Crippen LogP contribution in [0, 0.1) is 5.92 Å². The Balaban J connectivity index is 2.56. The minimum absolute atomic E-state index is 0.467. The van der Waals surface area contributed by atoms with Crippen LogP contribution in [0.5, 0.6) is 0 Å². The summed E-state index contributed by atoms with van der Waals surface area (Å²) in [6.07, 6.45) is 1.13. The second-order valence-corrected chi connectivity index (χ2v) is 4.27. The van der Waals surface area contributed by atoms with Gasteiger partial charge in [0, 0.05) is 13.2 Å². The quantitative estimate of drug-likeness (QED) is 0.708. The highest BCUT2D eigenvalue weighted by Gasteiger charge is 2.39. The van der Waals surface area contributed by atoms with Gasteiger partial charge in [0.2, 0.25) is 0 Å². The predicted octanol–water partition coefficient (Wildman–Crippen LogP) is 0.866. The normalized spacial score (nSPS) is 21.1. The summed E-state index contributed by atoms with van der Waals surface area (Å²) >= 11 is 0. The van der Waals surface area contributed by atoms with E-state index in [4.69, 9.17) is 4.74 Å². The zero-order valence-corrected chi connectivity index (χ0v) is 8.88. The molecule has 14 heavy (non-hydrogen) atoms. The summed E-state index contributed by atoms with van der Waals surface area (Å²) in [6, 6.07) is 0. The standard InChI is InChI=1S/C10H19NO3/c1-8(2)7-11-10(9(12)13)3-5-14-6-4-10/h8,11H,3-7H2,1-2H3,(H,12,13). The molecule has 0 aromatic rings. The molecule has 0 saturated carbocycles.